The van der Waals surface area contributed by atoms with Crippen LogP contribution in [0.2, 0.25) is 0 Å². The zero-order chi connectivity index (χ0) is 8.53. The summed E-state index contributed by atoms with van der Waals surface area (Å²) in [4.78, 5) is 0. The van der Waals surface area contributed by atoms with Crippen molar-refractivity contribution < 1.29 is 0 Å². The molecule has 0 saturated heterocycles. The highest BCUT2D eigenvalue weighted by molar-refractivity contribution is 6.25. The molecule has 1 aromatic rings. The normalized spacial score (nSPS) is 7.82. The van der Waals surface area contributed by atoms with E-state index in [-0.39, 0.29) is 0 Å². The summed E-state index contributed by atoms with van der Waals surface area (Å²) in [5.41, 5.74) is 7.76. The molecule has 11 heavy (non-hydrogen) atoms. The molecule has 0 saturated carbocycles. The number of hydrogen-bond donors (Lipinski definition) is 1. The molecule has 0 heterocycles. The molecular formula is C9H12ClN. The number of halogens is 1. The van der Waals surface area contributed by atoms with E-state index in [0.717, 1.165) is 0 Å². The van der Waals surface area contributed by atoms with E-state index in [9.17, 15) is 0 Å². The van der Waals surface area contributed by atoms with Crippen LogP contribution in [0.4, 0.5) is 0 Å². The van der Waals surface area contributed by atoms with Gasteiger partial charge in [0.05, 0.1) is 0 Å². The van der Waals surface area contributed by atoms with E-state index < -0.39 is 0 Å². The maximum Gasteiger partial charge on any atom is 0.0178 e. The first-order valence-corrected chi connectivity index (χ1v) is 3.74. The van der Waals surface area contributed by atoms with Crippen LogP contribution in [0.3, 0.4) is 0 Å². The Morgan fingerprint density at radius 2 is 1.82 bits per heavy atom. The lowest BCUT2D eigenvalue weighted by Crippen LogP contribution is -1.94. The summed E-state index contributed by atoms with van der Waals surface area (Å²) in [6.45, 7) is 3.77. The van der Waals surface area contributed by atoms with Crippen molar-refractivity contribution in [1.82, 2.24) is 0 Å². The molecule has 0 aromatic heterocycles. The molecule has 0 bridgehead atoms. The Morgan fingerprint density at radius 3 is 2.09 bits per heavy atom. The summed E-state index contributed by atoms with van der Waals surface area (Å²) in [7, 11) is 0. The maximum atomic E-state index is 5.35. The second kappa shape index (κ2) is 7.32. The molecule has 60 valence electrons. The van der Waals surface area contributed by atoms with Crippen molar-refractivity contribution in [2.75, 3.05) is 0 Å². The lowest BCUT2D eigenvalue weighted by molar-refractivity contribution is 1.07. The lowest BCUT2D eigenvalue weighted by Gasteiger charge is -1.90. The van der Waals surface area contributed by atoms with Crippen LogP contribution in [0.1, 0.15) is 5.56 Å². The van der Waals surface area contributed by atoms with Crippen LogP contribution in [-0.2, 0) is 6.54 Å². The van der Waals surface area contributed by atoms with Crippen LogP contribution >= 0.6 is 11.6 Å². The molecule has 0 unspecified atom stereocenters. The van der Waals surface area contributed by atoms with Gasteiger partial charge in [0.1, 0.15) is 0 Å². The lowest BCUT2D eigenvalue weighted by atomic mass is 10.2. The minimum absolute atomic E-state index is 0.640. The van der Waals surface area contributed by atoms with Crippen molar-refractivity contribution in [2.24, 2.45) is 5.73 Å². The minimum Gasteiger partial charge on any atom is -0.326 e. The Morgan fingerprint density at radius 1 is 1.36 bits per heavy atom. The smallest absolute Gasteiger partial charge is 0.0178 e. The van der Waals surface area contributed by atoms with Gasteiger partial charge >= 0.3 is 0 Å². The van der Waals surface area contributed by atoms with E-state index in [1.54, 1.807) is 0 Å². The monoisotopic (exact) mass is 169 g/mol. The summed E-state index contributed by atoms with van der Waals surface area (Å²) in [5.74, 6) is 0. The van der Waals surface area contributed by atoms with Gasteiger partial charge < -0.3 is 5.73 Å². The fraction of sp³-hybridized carbons (Fsp3) is 0.111. The number of benzene rings is 1. The topological polar surface area (TPSA) is 26.0 Å². The summed E-state index contributed by atoms with van der Waals surface area (Å²) < 4.78 is 0. The predicted molar refractivity (Wildman–Crippen MR) is 50.4 cm³/mol. The average molecular weight is 170 g/mol. The quantitative estimate of drug-likeness (QED) is 0.687. The van der Waals surface area contributed by atoms with E-state index in [0.29, 0.717) is 6.54 Å². The summed E-state index contributed by atoms with van der Waals surface area (Å²) in [6, 6.07) is 9.99. The van der Waals surface area contributed by atoms with Crippen LogP contribution in [0.5, 0.6) is 0 Å². The van der Waals surface area contributed by atoms with Gasteiger partial charge in [0.15, 0.2) is 0 Å². The standard InChI is InChI=1S/C7H9N.C2H3Cl/c8-6-7-4-2-1-3-5-7;1-2-3/h1-5H,6,8H2;2H,1H2. The highest BCUT2D eigenvalue weighted by Crippen LogP contribution is 1.94. The van der Waals surface area contributed by atoms with Crippen molar-refractivity contribution in [3.8, 4) is 0 Å². The van der Waals surface area contributed by atoms with Gasteiger partial charge in [-0.2, -0.15) is 0 Å². The van der Waals surface area contributed by atoms with Crippen molar-refractivity contribution in [3.63, 3.8) is 0 Å². The van der Waals surface area contributed by atoms with E-state index in [1.165, 1.54) is 11.1 Å². The second-order valence-corrected chi connectivity index (χ2v) is 2.15. The first kappa shape index (κ1) is 10.2. The number of nitrogens with two attached hydrogens (primary N) is 1. The van der Waals surface area contributed by atoms with Crippen LogP contribution < -0.4 is 5.73 Å². The van der Waals surface area contributed by atoms with Gasteiger partial charge in [0, 0.05) is 6.54 Å². The summed E-state index contributed by atoms with van der Waals surface area (Å²) in [5, 5.41) is 0. The SMILES string of the molecule is C=CCl.NCc1ccccc1. The van der Waals surface area contributed by atoms with Crippen LogP contribution in [-0.4, -0.2) is 0 Å². The second-order valence-electron chi connectivity index (χ2n) is 1.84. The highest BCUT2D eigenvalue weighted by atomic mass is 35.5. The molecule has 0 radical (unpaired) electrons. The molecule has 0 aliphatic carbocycles. The molecule has 1 nitrogen and oxygen atoms in total. The highest BCUT2D eigenvalue weighted by Gasteiger charge is 1.80. The molecule has 2 heteroatoms. The Hall–Kier alpha value is -0.790. The summed E-state index contributed by atoms with van der Waals surface area (Å²) >= 11 is 4.76. The first-order chi connectivity index (χ1) is 5.35. The third-order valence-electron chi connectivity index (χ3n) is 1.08. The Bertz CT molecular complexity index is 184. The van der Waals surface area contributed by atoms with E-state index >= 15 is 0 Å². The molecule has 2 N–H and O–H groups in total. The average Bonchev–Trinajstić information content (AvgIpc) is 2.08. The third-order valence-corrected chi connectivity index (χ3v) is 1.08. The fourth-order valence-electron chi connectivity index (χ4n) is 0.614. The zero-order valence-electron chi connectivity index (χ0n) is 6.33. The third kappa shape index (κ3) is 5.64. The van der Waals surface area contributed by atoms with Crippen LogP contribution in [0.15, 0.2) is 42.4 Å². The molecule has 0 spiro atoms. The molecule has 1 rings (SSSR count). The molecule has 1 aromatic carbocycles. The molecule has 0 amide bonds. The van der Waals surface area contributed by atoms with Gasteiger partial charge in [0.2, 0.25) is 0 Å². The molecule has 0 aliphatic heterocycles. The Labute approximate surface area is 72.5 Å². The molecule has 0 aliphatic rings. The zero-order valence-corrected chi connectivity index (χ0v) is 7.09. The predicted octanol–water partition coefficient (Wildman–Crippen LogP) is 2.51. The largest absolute Gasteiger partial charge is 0.326 e. The Balaban J connectivity index is 0.000000292. The van der Waals surface area contributed by atoms with E-state index in [4.69, 9.17) is 17.3 Å². The van der Waals surface area contributed by atoms with Gasteiger partial charge in [-0.1, -0.05) is 48.5 Å². The van der Waals surface area contributed by atoms with Crippen molar-refractivity contribution in [3.05, 3.63) is 48.0 Å². The van der Waals surface area contributed by atoms with Crippen molar-refractivity contribution in [2.45, 2.75) is 6.54 Å². The van der Waals surface area contributed by atoms with Crippen molar-refractivity contribution in [1.29, 1.82) is 0 Å². The minimum atomic E-state index is 0.640. The molecule has 0 atom stereocenters. The Kier molecular flexibility index (Phi) is 6.79. The molecule has 0 fully saturated rings. The fourth-order valence-corrected chi connectivity index (χ4v) is 0.614. The number of hydrogen-bond acceptors (Lipinski definition) is 1. The van der Waals surface area contributed by atoms with Crippen LogP contribution in [0.25, 0.3) is 0 Å². The first-order valence-electron chi connectivity index (χ1n) is 3.30. The maximum absolute atomic E-state index is 5.35. The summed E-state index contributed by atoms with van der Waals surface area (Å²) in [6.07, 6.45) is 0. The van der Waals surface area contributed by atoms with Gasteiger partial charge in [0.25, 0.3) is 0 Å². The van der Waals surface area contributed by atoms with Gasteiger partial charge in [-0.3, -0.25) is 0 Å². The van der Waals surface area contributed by atoms with E-state index in [1.807, 2.05) is 30.3 Å². The molecular weight excluding hydrogens is 158 g/mol. The van der Waals surface area contributed by atoms with Gasteiger partial charge in [-0.25, -0.2) is 0 Å². The number of rotatable bonds is 1. The van der Waals surface area contributed by atoms with Gasteiger partial charge in [-0.15, -0.1) is 0 Å². The van der Waals surface area contributed by atoms with E-state index in [2.05, 4.69) is 6.58 Å². The van der Waals surface area contributed by atoms with Crippen LogP contribution in [0, 0.1) is 0 Å². The van der Waals surface area contributed by atoms with Crippen molar-refractivity contribution >= 4 is 11.6 Å². The van der Waals surface area contributed by atoms with Gasteiger partial charge in [-0.05, 0) is 11.1 Å².